The first-order valence-corrected chi connectivity index (χ1v) is 7.59. The van der Waals surface area contributed by atoms with Crippen molar-refractivity contribution >= 4 is 39.0 Å². The normalized spacial score (nSPS) is 10.5. The summed E-state index contributed by atoms with van der Waals surface area (Å²) in [6, 6.07) is 11.3. The fraction of sp³-hybridized carbons (Fsp3) is 0.133. The summed E-state index contributed by atoms with van der Waals surface area (Å²) in [5.41, 5.74) is 6.43. The van der Waals surface area contributed by atoms with Crippen molar-refractivity contribution in [3.05, 3.63) is 48.3 Å². The molecule has 1 aromatic carbocycles. The molecular weight excluding hydrogens is 298 g/mol. The van der Waals surface area contributed by atoms with E-state index in [1.165, 1.54) is 17.7 Å². The lowest BCUT2D eigenvalue weighted by atomic mass is 10.2. The number of rotatable bonds is 5. The zero-order valence-corrected chi connectivity index (χ0v) is 12.6. The zero-order chi connectivity index (χ0) is 15.4. The Bertz CT molecular complexity index is 784. The van der Waals surface area contributed by atoms with E-state index in [1.807, 2.05) is 24.3 Å². The smallest absolute Gasteiger partial charge is 0.269 e. The van der Waals surface area contributed by atoms with Gasteiger partial charge in [-0.05, 0) is 35.8 Å². The topological polar surface area (TPSA) is 92.9 Å². The number of amides is 1. The van der Waals surface area contributed by atoms with Crippen LogP contribution >= 0.6 is 11.5 Å². The number of nitrogens with one attached hydrogen (secondary N) is 2. The molecule has 1 amide bonds. The first kappa shape index (κ1) is 14.3. The minimum Gasteiger partial charge on any atom is -0.397 e. The van der Waals surface area contributed by atoms with Gasteiger partial charge in [-0.15, -0.1) is 0 Å². The molecule has 0 spiro atoms. The van der Waals surface area contributed by atoms with Crippen LogP contribution in [0.3, 0.4) is 0 Å². The summed E-state index contributed by atoms with van der Waals surface area (Å²) in [6.07, 6.45) is 1.47. The second-order valence-electron chi connectivity index (χ2n) is 4.69. The number of nitrogens with zero attached hydrogens (tertiary/aromatic N) is 2. The second-order valence-corrected chi connectivity index (χ2v) is 5.49. The molecule has 3 aromatic rings. The summed E-state index contributed by atoms with van der Waals surface area (Å²) < 4.78 is 5.51. The molecule has 3 rings (SSSR count). The van der Waals surface area contributed by atoms with Gasteiger partial charge < -0.3 is 16.4 Å². The highest BCUT2D eigenvalue weighted by molar-refractivity contribution is 7.13. The Balaban J connectivity index is 1.51. The highest BCUT2D eigenvalue weighted by atomic mass is 32.1. The number of nitrogen functional groups attached to an aromatic ring is 1. The summed E-state index contributed by atoms with van der Waals surface area (Å²) in [5, 5.41) is 7.12. The van der Waals surface area contributed by atoms with E-state index in [0.717, 1.165) is 15.9 Å². The van der Waals surface area contributed by atoms with Crippen LogP contribution in [0.15, 0.2) is 42.6 Å². The average molecular weight is 313 g/mol. The van der Waals surface area contributed by atoms with E-state index in [-0.39, 0.29) is 5.91 Å². The van der Waals surface area contributed by atoms with Gasteiger partial charge in [0.2, 0.25) is 0 Å². The van der Waals surface area contributed by atoms with Crippen LogP contribution in [0.5, 0.6) is 0 Å². The van der Waals surface area contributed by atoms with Crippen LogP contribution in [0.25, 0.3) is 10.1 Å². The lowest BCUT2D eigenvalue weighted by molar-refractivity contribution is 0.0950. The Hall–Kier alpha value is -2.67. The molecule has 2 aromatic heterocycles. The van der Waals surface area contributed by atoms with Gasteiger partial charge in [-0.2, -0.15) is 4.37 Å². The molecule has 0 aliphatic rings. The molecule has 4 N–H and O–H groups in total. The summed E-state index contributed by atoms with van der Waals surface area (Å²) in [6.45, 7) is 1.07. The number of anilines is 2. The molecule has 7 heteroatoms. The summed E-state index contributed by atoms with van der Waals surface area (Å²) in [5.74, 6) is 0.630. The van der Waals surface area contributed by atoms with Gasteiger partial charge in [0.1, 0.15) is 11.5 Å². The lowest BCUT2D eigenvalue weighted by Crippen LogP contribution is -2.29. The van der Waals surface area contributed by atoms with E-state index in [2.05, 4.69) is 20.0 Å². The van der Waals surface area contributed by atoms with Crippen molar-refractivity contribution in [3.63, 3.8) is 0 Å². The molecule has 0 aliphatic heterocycles. The van der Waals surface area contributed by atoms with E-state index in [4.69, 9.17) is 5.73 Å². The number of carbonyl (C=O) groups excluding carboxylic acids is 1. The van der Waals surface area contributed by atoms with Crippen molar-refractivity contribution in [3.8, 4) is 0 Å². The minimum absolute atomic E-state index is 0.218. The van der Waals surface area contributed by atoms with Crippen LogP contribution in [0, 0.1) is 0 Å². The number of hydrogen-bond acceptors (Lipinski definition) is 6. The highest BCUT2D eigenvalue weighted by Gasteiger charge is 2.07. The SMILES string of the molecule is Nc1ccc(C(=O)NCCNc2nsc3ccccc23)nc1. The first-order valence-electron chi connectivity index (χ1n) is 6.82. The highest BCUT2D eigenvalue weighted by Crippen LogP contribution is 2.25. The third-order valence-electron chi connectivity index (χ3n) is 3.10. The summed E-state index contributed by atoms with van der Waals surface area (Å²) in [4.78, 5) is 15.9. The summed E-state index contributed by atoms with van der Waals surface area (Å²) in [7, 11) is 0. The van der Waals surface area contributed by atoms with Gasteiger partial charge in [0, 0.05) is 18.5 Å². The molecule has 2 heterocycles. The molecular formula is C15H15N5OS. The molecule has 112 valence electrons. The van der Waals surface area contributed by atoms with E-state index >= 15 is 0 Å². The van der Waals surface area contributed by atoms with Crippen molar-refractivity contribution in [2.24, 2.45) is 0 Å². The van der Waals surface area contributed by atoms with E-state index in [1.54, 1.807) is 12.1 Å². The second kappa shape index (κ2) is 6.40. The minimum atomic E-state index is -0.218. The predicted molar refractivity (Wildman–Crippen MR) is 89.1 cm³/mol. The van der Waals surface area contributed by atoms with Crippen molar-refractivity contribution in [2.45, 2.75) is 0 Å². The number of hydrogen-bond donors (Lipinski definition) is 3. The molecule has 0 saturated heterocycles. The molecule has 0 bridgehead atoms. The van der Waals surface area contributed by atoms with Crippen LogP contribution in [-0.4, -0.2) is 28.4 Å². The number of nitrogens with two attached hydrogens (primary N) is 1. The third kappa shape index (κ3) is 3.15. The maximum atomic E-state index is 11.9. The Morgan fingerprint density at radius 2 is 2.05 bits per heavy atom. The van der Waals surface area contributed by atoms with Gasteiger partial charge in [-0.1, -0.05) is 12.1 Å². The number of pyridine rings is 1. The van der Waals surface area contributed by atoms with Gasteiger partial charge >= 0.3 is 0 Å². The predicted octanol–water partition coefficient (Wildman–Crippen LogP) is 2.12. The van der Waals surface area contributed by atoms with Crippen LogP contribution in [0.4, 0.5) is 11.5 Å². The van der Waals surface area contributed by atoms with Gasteiger partial charge in [-0.3, -0.25) is 4.79 Å². The Kier molecular flexibility index (Phi) is 4.15. The van der Waals surface area contributed by atoms with Crippen molar-refractivity contribution in [2.75, 3.05) is 24.1 Å². The molecule has 0 atom stereocenters. The first-order chi connectivity index (χ1) is 10.7. The Morgan fingerprint density at radius 3 is 2.86 bits per heavy atom. The van der Waals surface area contributed by atoms with Crippen LogP contribution in [0.2, 0.25) is 0 Å². The third-order valence-corrected chi connectivity index (χ3v) is 3.93. The lowest BCUT2D eigenvalue weighted by Gasteiger charge is -2.06. The van der Waals surface area contributed by atoms with Crippen molar-refractivity contribution in [1.29, 1.82) is 0 Å². The van der Waals surface area contributed by atoms with Gasteiger partial charge in [-0.25, -0.2) is 4.98 Å². The summed E-state index contributed by atoms with van der Waals surface area (Å²) >= 11 is 1.45. The van der Waals surface area contributed by atoms with E-state index in [0.29, 0.717) is 24.5 Å². The van der Waals surface area contributed by atoms with Gasteiger partial charge in [0.25, 0.3) is 5.91 Å². The quantitative estimate of drug-likeness (QED) is 0.627. The number of fused-ring (bicyclic) bond motifs is 1. The van der Waals surface area contributed by atoms with Crippen LogP contribution < -0.4 is 16.4 Å². The average Bonchev–Trinajstić information content (AvgIpc) is 2.95. The molecule has 22 heavy (non-hydrogen) atoms. The van der Waals surface area contributed by atoms with Gasteiger partial charge in [0.05, 0.1) is 16.6 Å². The fourth-order valence-corrected chi connectivity index (χ4v) is 2.76. The molecule has 6 nitrogen and oxygen atoms in total. The van der Waals surface area contributed by atoms with E-state index < -0.39 is 0 Å². The molecule has 0 fully saturated rings. The Morgan fingerprint density at radius 1 is 1.18 bits per heavy atom. The molecule has 0 unspecified atom stereocenters. The molecule has 0 saturated carbocycles. The zero-order valence-electron chi connectivity index (χ0n) is 11.7. The standard InChI is InChI=1S/C15H15N5OS/c16-10-5-6-12(19-9-10)15(21)18-8-7-17-14-11-3-1-2-4-13(11)22-20-14/h1-6,9H,7-8,16H2,(H,17,20)(H,18,21). The number of benzene rings is 1. The fourth-order valence-electron chi connectivity index (χ4n) is 2.00. The maximum absolute atomic E-state index is 11.9. The van der Waals surface area contributed by atoms with Crippen molar-refractivity contribution < 1.29 is 4.79 Å². The Labute approximate surface area is 131 Å². The number of carbonyl (C=O) groups is 1. The van der Waals surface area contributed by atoms with Gasteiger partial charge in [0.15, 0.2) is 0 Å². The van der Waals surface area contributed by atoms with Crippen LogP contribution in [0.1, 0.15) is 10.5 Å². The van der Waals surface area contributed by atoms with Crippen molar-refractivity contribution in [1.82, 2.24) is 14.7 Å². The number of aromatic nitrogens is 2. The molecule has 0 radical (unpaired) electrons. The largest absolute Gasteiger partial charge is 0.397 e. The van der Waals surface area contributed by atoms with Crippen LogP contribution in [-0.2, 0) is 0 Å². The molecule has 0 aliphatic carbocycles. The monoisotopic (exact) mass is 313 g/mol. The maximum Gasteiger partial charge on any atom is 0.269 e. The van der Waals surface area contributed by atoms with E-state index in [9.17, 15) is 4.79 Å².